The third kappa shape index (κ3) is 3.00. The maximum absolute atomic E-state index is 8.77. The molecule has 0 saturated heterocycles. The Morgan fingerprint density at radius 3 is 2.47 bits per heavy atom. The molecule has 0 aliphatic rings. The molecule has 0 heterocycles. The van der Waals surface area contributed by atoms with Crippen molar-refractivity contribution in [2.75, 3.05) is 6.61 Å². The van der Waals surface area contributed by atoms with E-state index in [0.29, 0.717) is 12.2 Å². The third-order valence-electron chi connectivity index (χ3n) is 2.00. The minimum Gasteiger partial charge on any atom is -0.489 e. The van der Waals surface area contributed by atoms with Gasteiger partial charge in [0.15, 0.2) is 0 Å². The summed E-state index contributed by atoms with van der Waals surface area (Å²) in [5, 5.41) is 8.77. The van der Waals surface area contributed by atoms with Gasteiger partial charge in [-0.25, -0.2) is 0 Å². The van der Waals surface area contributed by atoms with E-state index in [1.165, 1.54) is 5.54 Å². The zero-order valence-electron chi connectivity index (χ0n) is 8.75. The number of nitrogens with zero attached hydrogens (tertiary/aromatic N) is 1. The summed E-state index contributed by atoms with van der Waals surface area (Å²) in [6, 6.07) is 5.74. The maximum Gasteiger partial charge on any atom is 0.125 e. The largest absolute Gasteiger partial charge is 0.489 e. The Labute approximate surface area is 94.7 Å². The van der Waals surface area contributed by atoms with Crippen LogP contribution in [0.25, 0.3) is 0 Å². The molecular weight excluding hydrogens is 210 g/mol. The van der Waals surface area contributed by atoms with E-state index in [2.05, 4.69) is 6.07 Å². The summed E-state index contributed by atoms with van der Waals surface area (Å²) in [6.07, 6.45) is 1.72. The lowest BCUT2D eigenvalue weighted by Gasteiger charge is -2.10. The van der Waals surface area contributed by atoms with Crippen LogP contribution in [0.2, 0.25) is 0 Å². The summed E-state index contributed by atoms with van der Waals surface area (Å²) < 4.78 is 5.53. The average Bonchev–Trinajstić information content (AvgIpc) is 2.22. The monoisotopic (exact) mass is 221 g/mol. The van der Waals surface area contributed by atoms with E-state index in [1.54, 1.807) is 6.08 Å². The van der Waals surface area contributed by atoms with E-state index in [4.69, 9.17) is 21.6 Å². The van der Waals surface area contributed by atoms with Crippen molar-refractivity contribution < 1.29 is 4.74 Å². The molecule has 2 nitrogen and oxygen atoms in total. The van der Waals surface area contributed by atoms with Gasteiger partial charge in [0.25, 0.3) is 0 Å². The number of hydrogen-bond donors (Lipinski definition) is 0. The second-order valence-electron chi connectivity index (χ2n) is 3.22. The summed E-state index contributed by atoms with van der Waals surface area (Å²) in [5.74, 6) is 0.823. The highest BCUT2D eigenvalue weighted by Gasteiger charge is 2.05. The maximum atomic E-state index is 8.77. The van der Waals surface area contributed by atoms with Crippen molar-refractivity contribution in [1.82, 2.24) is 0 Å². The van der Waals surface area contributed by atoms with Gasteiger partial charge in [0.05, 0.1) is 11.6 Å². The van der Waals surface area contributed by atoms with Gasteiger partial charge in [-0.15, -0.1) is 0 Å². The zero-order chi connectivity index (χ0) is 11.3. The Kier molecular flexibility index (Phi) is 4.20. The highest BCUT2D eigenvalue weighted by molar-refractivity contribution is 6.25. The molecule has 0 bridgehead atoms. The lowest BCUT2D eigenvalue weighted by atomic mass is 10.1. The van der Waals surface area contributed by atoms with E-state index < -0.39 is 0 Å². The quantitative estimate of drug-likeness (QED) is 0.785. The second kappa shape index (κ2) is 5.43. The Morgan fingerprint density at radius 2 is 2.00 bits per heavy atom. The van der Waals surface area contributed by atoms with Gasteiger partial charge in [0.1, 0.15) is 12.4 Å². The standard InChI is InChI=1S/C12H12ClNO/c1-9-6-11(8-14)7-10(2)12(9)15-5-3-4-13/h3-4,6-7H,5H2,1-2H3. The molecule has 15 heavy (non-hydrogen) atoms. The van der Waals surface area contributed by atoms with Gasteiger partial charge in [-0.1, -0.05) is 11.6 Å². The van der Waals surface area contributed by atoms with Gasteiger partial charge in [0.2, 0.25) is 0 Å². The van der Waals surface area contributed by atoms with Gasteiger partial charge >= 0.3 is 0 Å². The second-order valence-corrected chi connectivity index (χ2v) is 3.48. The van der Waals surface area contributed by atoms with Gasteiger partial charge < -0.3 is 4.74 Å². The summed E-state index contributed by atoms with van der Waals surface area (Å²) in [5.41, 5.74) is 4.02. The van der Waals surface area contributed by atoms with Crippen LogP contribution in [0.5, 0.6) is 5.75 Å². The molecule has 0 N–H and O–H groups in total. The molecule has 0 fully saturated rings. The molecule has 0 aliphatic carbocycles. The van der Waals surface area contributed by atoms with Crippen molar-refractivity contribution >= 4 is 11.6 Å². The summed E-state index contributed by atoms with van der Waals surface area (Å²) >= 11 is 5.39. The van der Waals surface area contributed by atoms with Crippen LogP contribution < -0.4 is 4.74 Å². The summed E-state index contributed by atoms with van der Waals surface area (Å²) in [6.45, 7) is 4.29. The number of halogens is 1. The van der Waals surface area contributed by atoms with Gasteiger partial charge in [-0.05, 0) is 43.2 Å². The smallest absolute Gasteiger partial charge is 0.125 e. The van der Waals surface area contributed by atoms with Crippen molar-refractivity contribution in [1.29, 1.82) is 5.26 Å². The van der Waals surface area contributed by atoms with Crippen LogP contribution in [0.15, 0.2) is 23.7 Å². The molecule has 0 amide bonds. The first-order valence-electron chi connectivity index (χ1n) is 4.58. The van der Waals surface area contributed by atoms with E-state index in [1.807, 2.05) is 26.0 Å². The van der Waals surface area contributed by atoms with Gasteiger partial charge in [-0.2, -0.15) is 5.26 Å². The van der Waals surface area contributed by atoms with Crippen molar-refractivity contribution in [3.63, 3.8) is 0 Å². The lowest BCUT2D eigenvalue weighted by Crippen LogP contribution is -1.98. The van der Waals surface area contributed by atoms with E-state index in [0.717, 1.165) is 16.9 Å². The number of nitriles is 1. The highest BCUT2D eigenvalue weighted by Crippen LogP contribution is 2.24. The number of benzene rings is 1. The van der Waals surface area contributed by atoms with E-state index >= 15 is 0 Å². The molecule has 1 rings (SSSR count). The Balaban J connectivity index is 2.94. The van der Waals surface area contributed by atoms with Crippen LogP contribution in [-0.4, -0.2) is 6.61 Å². The van der Waals surface area contributed by atoms with Crippen LogP contribution >= 0.6 is 11.6 Å². The van der Waals surface area contributed by atoms with Crippen LogP contribution in [-0.2, 0) is 0 Å². The number of rotatable bonds is 3. The van der Waals surface area contributed by atoms with Crippen molar-refractivity contribution in [2.24, 2.45) is 0 Å². The molecule has 0 unspecified atom stereocenters. The van der Waals surface area contributed by atoms with Crippen LogP contribution in [0.1, 0.15) is 16.7 Å². The molecule has 0 radical (unpaired) electrons. The fourth-order valence-corrected chi connectivity index (χ4v) is 1.48. The highest BCUT2D eigenvalue weighted by atomic mass is 35.5. The van der Waals surface area contributed by atoms with Crippen LogP contribution in [0.4, 0.5) is 0 Å². The number of aryl methyl sites for hydroxylation is 2. The molecule has 1 aromatic carbocycles. The number of hydrogen-bond acceptors (Lipinski definition) is 2. The topological polar surface area (TPSA) is 33.0 Å². The first-order chi connectivity index (χ1) is 7.19. The molecule has 0 atom stereocenters. The molecule has 1 aromatic rings. The summed E-state index contributed by atoms with van der Waals surface area (Å²) in [4.78, 5) is 0. The summed E-state index contributed by atoms with van der Waals surface area (Å²) in [7, 11) is 0. The van der Waals surface area contributed by atoms with E-state index in [-0.39, 0.29) is 0 Å². The van der Waals surface area contributed by atoms with Gasteiger partial charge in [0, 0.05) is 5.54 Å². The van der Waals surface area contributed by atoms with Crippen LogP contribution in [0, 0.1) is 25.2 Å². The van der Waals surface area contributed by atoms with Crippen molar-refractivity contribution in [3.8, 4) is 11.8 Å². The zero-order valence-corrected chi connectivity index (χ0v) is 9.51. The average molecular weight is 222 g/mol. The first-order valence-corrected chi connectivity index (χ1v) is 5.02. The molecule has 0 spiro atoms. The minimum atomic E-state index is 0.442. The fraction of sp³-hybridized carbons (Fsp3) is 0.250. The normalized spacial score (nSPS) is 10.3. The molecule has 3 heteroatoms. The predicted octanol–water partition coefficient (Wildman–Crippen LogP) is 3.31. The van der Waals surface area contributed by atoms with Gasteiger partial charge in [-0.3, -0.25) is 0 Å². The minimum absolute atomic E-state index is 0.442. The molecule has 0 aliphatic heterocycles. The van der Waals surface area contributed by atoms with Crippen molar-refractivity contribution in [2.45, 2.75) is 13.8 Å². The predicted molar refractivity (Wildman–Crippen MR) is 61.1 cm³/mol. The number of ether oxygens (including phenoxy) is 1. The van der Waals surface area contributed by atoms with Crippen LogP contribution in [0.3, 0.4) is 0 Å². The first kappa shape index (κ1) is 11.6. The Bertz CT molecular complexity index is 395. The third-order valence-corrected chi connectivity index (χ3v) is 2.18. The fourth-order valence-electron chi connectivity index (χ4n) is 1.41. The Morgan fingerprint density at radius 1 is 1.40 bits per heavy atom. The molecule has 0 aromatic heterocycles. The SMILES string of the molecule is Cc1cc(C#N)cc(C)c1OCC=CCl. The van der Waals surface area contributed by atoms with E-state index in [9.17, 15) is 0 Å². The molecule has 0 saturated carbocycles. The molecule has 78 valence electrons. The Hall–Kier alpha value is -1.46. The molecular formula is C12H12ClNO. The van der Waals surface area contributed by atoms with Crippen molar-refractivity contribution in [3.05, 3.63) is 40.4 Å². The lowest BCUT2D eigenvalue weighted by molar-refractivity contribution is 0.358.